The van der Waals surface area contributed by atoms with Gasteiger partial charge in [0.05, 0.1) is 29.7 Å². The topological polar surface area (TPSA) is 48.7 Å². The molecule has 2 aromatic heterocycles. The summed E-state index contributed by atoms with van der Waals surface area (Å²) in [6.07, 6.45) is 2.49. The van der Waals surface area contributed by atoms with Crippen molar-refractivity contribution in [2.45, 2.75) is 19.5 Å². The van der Waals surface area contributed by atoms with E-state index in [9.17, 15) is 4.79 Å². The van der Waals surface area contributed by atoms with Gasteiger partial charge in [0.25, 0.3) is 5.56 Å². The monoisotopic (exact) mass is 378 g/mol. The molecular weight excluding hydrogens is 358 g/mol. The van der Waals surface area contributed by atoms with Gasteiger partial charge in [-0.15, -0.1) is 5.10 Å². The minimum atomic E-state index is -0.0787. The van der Waals surface area contributed by atoms with Gasteiger partial charge in [-0.2, -0.15) is 4.68 Å². The molecular formula is C20H20N5OS+. The molecule has 136 valence electrons. The Morgan fingerprint density at radius 3 is 2.48 bits per heavy atom. The number of nitrogens with zero attached hydrogens (tertiary/aromatic N) is 4. The lowest BCUT2D eigenvalue weighted by atomic mass is 10.2. The molecule has 27 heavy (non-hydrogen) atoms. The van der Waals surface area contributed by atoms with Crippen LogP contribution in [0.15, 0.2) is 59.4 Å². The number of hydrogen-bond donors (Lipinski definition) is 1. The second kappa shape index (κ2) is 6.44. The summed E-state index contributed by atoms with van der Waals surface area (Å²) in [7, 11) is 0. The van der Waals surface area contributed by atoms with Crippen LogP contribution in [-0.2, 0) is 6.67 Å². The van der Waals surface area contributed by atoms with Crippen LogP contribution in [0.3, 0.4) is 0 Å². The van der Waals surface area contributed by atoms with Crippen LogP contribution in [0.1, 0.15) is 12.8 Å². The molecule has 0 unspecified atom stereocenters. The van der Waals surface area contributed by atoms with Gasteiger partial charge in [-0.05, 0) is 36.5 Å². The van der Waals surface area contributed by atoms with Gasteiger partial charge in [-0.3, -0.25) is 9.20 Å². The van der Waals surface area contributed by atoms with Crippen LogP contribution in [0.25, 0.3) is 22.4 Å². The molecule has 1 saturated heterocycles. The predicted molar refractivity (Wildman–Crippen MR) is 107 cm³/mol. The number of quaternary nitrogens is 1. The fraction of sp³-hybridized carbons (Fsp3) is 0.250. The smallest absolute Gasteiger partial charge is 0.267 e. The molecule has 0 bridgehead atoms. The van der Waals surface area contributed by atoms with Crippen molar-refractivity contribution < 1.29 is 4.90 Å². The number of likely N-dealkylation sites (tertiary alicyclic amines) is 1. The highest BCUT2D eigenvalue weighted by Gasteiger charge is 2.20. The van der Waals surface area contributed by atoms with Crippen molar-refractivity contribution in [2.24, 2.45) is 0 Å². The van der Waals surface area contributed by atoms with Crippen LogP contribution in [0, 0.1) is 4.77 Å². The van der Waals surface area contributed by atoms with Crippen molar-refractivity contribution in [3.63, 3.8) is 0 Å². The molecule has 0 amide bonds. The van der Waals surface area contributed by atoms with Gasteiger partial charge < -0.3 is 4.90 Å². The van der Waals surface area contributed by atoms with Crippen LogP contribution in [0.4, 0.5) is 0 Å². The zero-order chi connectivity index (χ0) is 18.4. The fourth-order valence-electron chi connectivity index (χ4n) is 3.97. The number of rotatable bonds is 3. The molecule has 0 aliphatic carbocycles. The van der Waals surface area contributed by atoms with Gasteiger partial charge in [0, 0.05) is 12.8 Å². The maximum Gasteiger partial charge on any atom is 0.267 e. The summed E-state index contributed by atoms with van der Waals surface area (Å²) in [6, 6.07) is 17.2. The first-order valence-electron chi connectivity index (χ1n) is 9.26. The first-order valence-corrected chi connectivity index (χ1v) is 9.67. The predicted octanol–water partition coefficient (Wildman–Crippen LogP) is 1.81. The van der Waals surface area contributed by atoms with E-state index in [2.05, 4.69) is 0 Å². The SMILES string of the molecule is O=c1c2ccccc2n2c(=S)n(C[NH+]3CCCC3)nc2n1-c1ccccc1. The van der Waals surface area contributed by atoms with Crippen LogP contribution >= 0.6 is 12.2 Å². The van der Waals surface area contributed by atoms with Crippen molar-refractivity contribution in [3.8, 4) is 5.69 Å². The Morgan fingerprint density at radius 1 is 1.00 bits per heavy atom. The van der Waals surface area contributed by atoms with Crippen molar-refractivity contribution >= 4 is 28.9 Å². The Kier molecular flexibility index (Phi) is 3.91. The molecule has 4 aromatic rings. The molecule has 5 rings (SSSR count). The van der Waals surface area contributed by atoms with Gasteiger partial charge in [-0.1, -0.05) is 30.3 Å². The Labute approximate surface area is 160 Å². The number of aromatic nitrogens is 4. The fourth-order valence-corrected chi connectivity index (χ4v) is 4.26. The molecule has 1 aliphatic heterocycles. The molecule has 2 aromatic carbocycles. The summed E-state index contributed by atoms with van der Waals surface area (Å²) in [5.41, 5.74) is 1.52. The lowest BCUT2D eigenvalue weighted by Gasteiger charge is -2.10. The van der Waals surface area contributed by atoms with Crippen LogP contribution in [0.2, 0.25) is 0 Å². The van der Waals surface area contributed by atoms with Gasteiger partial charge in [0.2, 0.25) is 10.5 Å². The van der Waals surface area contributed by atoms with Crippen molar-refractivity contribution in [3.05, 3.63) is 69.7 Å². The zero-order valence-electron chi connectivity index (χ0n) is 14.8. The Bertz CT molecular complexity index is 1250. The van der Waals surface area contributed by atoms with E-state index in [1.807, 2.05) is 63.7 Å². The number of para-hydroxylation sites is 2. The molecule has 1 fully saturated rings. The summed E-state index contributed by atoms with van der Waals surface area (Å²) in [5.74, 6) is 0.563. The molecule has 0 atom stereocenters. The van der Waals surface area contributed by atoms with Gasteiger partial charge >= 0.3 is 0 Å². The molecule has 7 heteroatoms. The maximum atomic E-state index is 13.3. The number of fused-ring (bicyclic) bond motifs is 3. The molecule has 3 heterocycles. The summed E-state index contributed by atoms with van der Waals surface area (Å²) < 4.78 is 6.09. The van der Waals surface area contributed by atoms with Crippen molar-refractivity contribution in [2.75, 3.05) is 13.1 Å². The number of benzene rings is 2. The molecule has 0 saturated carbocycles. The lowest BCUT2D eigenvalue weighted by Crippen LogP contribution is -3.09. The molecule has 1 N–H and O–H groups in total. The Balaban J connectivity index is 1.86. The summed E-state index contributed by atoms with van der Waals surface area (Å²) in [4.78, 5) is 14.7. The maximum absolute atomic E-state index is 13.3. The van der Waals surface area contributed by atoms with Crippen molar-refractivity contribution in [1.82, 2.24) is 18.7 Å². The van der Waals surface area contributed by atoms with E-state index in [1.54, 1.807) is 4.57 Å². The number of hydrogen-bond acceptors (Lipinski definition) is 3. The minimum Gasteiger partial charge on any atom is -0.316 e. The van der Waals surface area contributed by atoms with Crippen LogP contribution in [0.5, 0.6) is 0 Å². The molecule has 0 spiro atoms. The molecule has 1 aliphatic rings. The second-order valence-electron chi connectivity index (χ2n) is 7.03. The van der Waals surface area contributed by atoms with E-state index in [1.165, 1.54) is 17.7 Å². The quantitative estimate of drug-likeness (QED) is 0.553. The molecule has 6 nitrogen and oxygen atoms in total. The average Bonchev–Trinajstić information content (AvgIpc) is 3.32. The first kappa shape index (κ1) is 16.4. The van der Waals surface area contributed by atoms with E-state index in [0.29, 0.717) is 15.9 Å². The normalized spacial score (nSPS) is 15.1. The highest BCUT2D eigenvalue weighted by molar-refractivity contribution is 7.71. The third-order valence-corrected chi connectivity index (χ3v) is 5.69. The lowest BCUT2D eigenvalue weighted by molar-refractivity contribution is -0.911. The largest absolute Gasteiger partial charge is 0.316 e. The summed E-state index contributed by atoms with van der Waals surface area (Å²) in [5, 5.41) is 5.42. The zero-order valence-corrected chi connectivity index (χ0v) is 15.7. The first-order chi connectivity index (χ1) is 13.2. The minimum absolute atomic E-state index is 0.0787. The second-order valence-corrected chi connectivity index (χ2v) is 7.39. The Hall–Kier alpha value is -2.77. The standard InChI is InChI=1S/C20H19N5OS/c26-18-16-10-4-5-11-17(16)25-19(24(18)15-8-2-1-3-9-15)21-23(20(25)27)14-22-12-6-7-13-22/h1-5,8-11H,6-7,12-14H2/p+1. The van der Waals surface area contributed by atoms with E-state index in [-0.39, 0.29) is 5.56 Å². The highest BCUT2D eigenvalue weighted by atomic mass is 32.1. The Morgan fingerprint density at radius 2 is 1.70 bits per heavy atom. The third kappa shape index (κ3) is 2.62. The van der Waals surface area contributed by atoms with Crippen LogP contribution in [-0.4, -0.2) is 31.8 Å². The van der Waals surface area contributed by atoms with E-state index < -0.39 is 0 Å². The van der Waals surface area contributed by atoms with Crippen molar-refractivity contribution in [1.29, 1.82) is 0 Å². The molecule has 0 radical (unpaired) electrons. The summed E-state index contributed by atoms with van der Waals surface area (Å²) in [6.45, 7) is 3.02. The van der Waals surface area contributed by atoms with E-state index >= 15 is 0 Å². The average molecular weight is 378 g/mol. The van der Waals surface area contributed by atoms with E-state index in [0.717, 1.165) is 31.0 Å². The van der Waals surface area contributed by atoms with Crippen LogP contribution < -0.4 is 10.5 Å². The van der Waals surface area contributed by atoms with E-state index in [4.69, 9.17) is 17.3 Å². The van der Waals surface area contributed by atoms with Gasteiger partial charge in [0.1, 0.15) is 0 Å². The number of nitrogens with one attached hydrogen (secondary N) is 1. The summed E-state index contributed by atoms with van der Waals surface area (Å²) >= 11 is 5.78. The van der Waals surface area contributed by atoms with Gasteiger partial charge in [0.15, 0.2) is 6.67 Å². The third-order valence-electron chi connectivity index (χ3n) is 5.30. The highest BCUT2D eigenvalue weighted by Crippen LogP contribution is 2.17. The van der Waals surface area contributed by atoms with Gasteiger partial charge in [-0.25, -0.2) is 4.57 Å².